The van der Waals surface area contributed by atoms with Crippen molar-refractivity contribution < 1.29 is 4.74 Å². The molecular weight excluding hydrogens is 236 g/mol. The van der Waals surface area contributed by atoms with Crippen molar-refractivity contribution in [1.82, 2.24) is 4.90 Å². The van der Waals surface area contributed by atoms with Gasteiger partial charge in [0.05, 0.1) is 12.1 Å². The molecule has 1 unspecified atom stereocenters. The van der Waals surface area contributed by atoms with Crippen molar-refractivity contribution in [2.75, 3.05) is 26.2 Å². The summed E-state index contributed by atoms with van der Waals surface area (Å²) >= 11 is 0. The third kappa shape index (κ3) is 2.15. The van der Waals surface area contributed by atoms with Crippen LogP contribution in [0.4, 0.5) is 0 Å². The van der Waals surface area contributed by atoms with E-state index in [1.54, 1.807) is 0 Å². The fourth-order valence-electron chi connectivity index (χ4n) is 3.63. The molecule has 3 heteroatoms. The summed E-state index contributed by atoms with van der Waals surface area (Å²) in [7, 11) is 0. The van der Waals surface area contributed by atoms with E-state index in [-0.39, 0.29) is 5.54 Å². The number of fused-ring (bicyclic) bond motifs is 1. The third-order valence-electron chi connectivity index (χ3n) is 4.68. The van der Waals surface area contributed by atoms with Crippen molar-refractivity contribution in [3.05, 3.63) is 29.3 Å². The van der Waals surface area contributed by atoms with Crippen LogP contribution in [-0.2, 0) is 5.54 Å². The number of benzene rings is 1. The lowest BCUT2D eigenvalue weighted by molar-refractivity contribution is 0.112. The molecule has 19 heavy (non-hydrogen) atoms. The average molecular weight is 260 g/mol. The van der Waals surface area contributed by atoms with E-state index in [0.717, 1.165) is 25.2 Å². The van der Waals surface area contributed by atoms with Gasteiger partial charge in [-0.3, -0.25) is 4.90 Å². The first-order valence-electron chi connectivity index (χ1n) is 7.45. The monoisotopic (exact) mass is 260 g/mol. The van der Waals surface area contributed by atoms with E-state index in [1.807, 2.05) is 0 Å². The smallest absolute Gasteiger partial charge is 0.124 e. The predicted molar refractivity (Wildman–Crippen MR) is 77.4 cm³/mol. The van der Waals surface area contributed by atoms with E-state index in [4.69, 9.17) is 10.5 Å². The van der Waals surface area contributed by atoms with Gasteiger partial charge in [-0.15, -0.1) is 0 Å². The Morgan fingerprint density at radius 3 is 2.79 bits per heavy atom. The highest BCUT2D eigenvalue weighted by atomic mass is 16.5. The van der Waals surface area contributed by atoms with Crippen LogP contribution in [-0.4, -0.2) is 31.1 Å². The topological polar surface area (TPSA) is 38.5 Å². The molecule has 0 aromatic heterocycles. The largest absolute Gasteiger partial charge is 0.493 e. The second-order valence-electron chi connectivity index (χ2n) is 5.88. The highest BCUT2D eigenvalue weighted by molar-refractivity contribution is 5.43. The predicted octanol–water partition coefficient (Wildman–Crippen LogP) is 2.42. The van der Waals surface area contributed by atoms with Crippen molar-refractivity contribution in [3.8, 4) is 5.75 Å². The van der Waals surface area contributed by atoms with Crippen molar-refractivity contribution in [1.29, 1.82) is 0 Å². The maximum atomic E-state index is 6.26. The van der Waals surface area contributed by atoms with E-state index >= 15 is 0 Å². The van der Waals surface area contributed by atoms with Crippen LogP contribution in [0.1, 0.15) is 36.8 Å². The SMILES string of the molecule is Cc1ccc2c(c1)C(CN)(N1CCCC1)CCCO2. The zero-order chi connectivity index (χ0) is 13.3. The Bertz CT molecular complexity index is 454. The number of likely N-dealkylation sites (tertiary alicyclic amines) is 1. The van der Waals surface area contributed by atoms with E-state index < -0.39 is 0 Å². The summed E-state index contributed by atoms with van der Waals surface area (Å²) in [6.07, 6.45) is 4.79. The van der Waals surface area contributed by atoms with Gasteiger partial charge >= 0.3 is 0 Å². The maximum absolute atomic E-state index is 6.26. The van der Waals surface area contributed by atoms with Gasteiger partial charge in [-0.1, -0.05) is 17.7 Å². The molecule has 2 aliphatic rings. The molecule has 3 nitrogen and oxygen atoms in total. The van der Waals surface area contributed by atoms with E-state index in [1.165, 1.54) is 37.1 Å². The van der Waals surface area contributed by atoms with Crippen molar-refractivity contribution in [3.63, 3.8) is 0 Å². The number of aryl methyl sites for hydroxylation is 1. The van der Waals surface area contributed by atoms with Crippen LogP contribution < -0.4 is 10.5 Å². The number of hydrogen-bond acceptors (Lipinski definition) is 3. The molecule has 2 heterocycles. The van der Waals surface area contributed by atoms with Crippen LogP contribution in [0.5, 0.6) is 5.75 Å². The Kier molecular flexibility index (Phi) is 3.50. The van der Waals surface area contributed by atoms with Crippen LogP contribution in [0.25, 0.3) is 0 Å². The molecule has 0 bridgehead atoms. The minimum absolute atomic E-state index is 0.00560. The van der Waals surface area contributed by atoms with Gasteiger partial charge in [0.2, 0.25) is 0 Å². The van der Waals surface area contributed by atoms with Gasteiger partial charge in [-0.05, 0) is 51.8 Å². The first kappa shape index (κ1) is 12.9. The average Bonchev–Trinajstić information content (AvgIpc) is 2.89. The quantitative estimate of drug-likeness (QED) is 0.887. The summed E-state index contributed by atoms with van der Waals surface area (Å²) in [5.74, 6) is 1.04. The minimum atomic E-state index is -0.00560. The zero-order valence-corrected chi connectivity index (χ0v) is 11.8. The first-order valence-corrected chi connectivity index (χ1v) is 7.45. The highest BCUT2D eigenvalue weighted by Crippen LogP contribution is 2.42. The van der Waals surface area contributed by atoms with Crippen LogP contribution in [0.2, 0.25) is 0 Å². The molecule has 0 amide bonds. The summed E-state index contributed by atoms with van der Waals surface area (Å²) in [4.78, 5) is 2.60. The molecule has 2 N–H and O–H groups in total. The fraction of sp³-hybridized carbons (Fsp3) is 0.625. The molecule has 0 radical (unpaired) electrons. The molecule has 1 saturated heterocycles. The molecule has 0 saturated carbocycles. The molecule has 1 aromatic rings. The van der Waals surface area contributed by atoms with Gasteiger partial charge in [0.25, 0.3) is 0 Å². The van der Waals surface area contributed by atoms with Gasteiger partial charge in [0.1, 0.15) is 5.75 Å². The molecule has 104 valence electrons. The lowest BCUT2D eigenvalue weighted by Gasteiger charge is -2.41. The number of hydrogen-bond donors (Lipinski definition) is 1. The summed E-state index contributed by atoms with van der Waals surface area (Å²) in [5.41, 5.74) is 8.86. The van der Waals surface area contributed by atoms with Crippen LogP contribution in [0.15, 0.2) is 18.2 Å². The molecule has 0 aliphatic carbocycles. The van der Waals surface area contributed by atoms with E-state index in [9.17, 15) is 0 Å². The van der Waals surface area contributed by atoms with Gasteiger partial charge in [-0.2, -0.15) is 0 Å². The maximum Gasteiger partial charge on any atom is 0.124 e. The van der Waals surface area contributed by atoms with E-state index in [2.05, 4.69) is 30.0 Å². The standard InChI is InChI=1S/C16H24N2O/c1-13-5-6-15-14(11-13)16(12-17,7-4-10-19-15)18-8-2-3-9-18/h5-6,11H,2-4,7-10,12,17H2,1H3. The van der Waals surface area contributed by atoms with Crippen LogP contribution in [0, 0.1) is 6.92 Å². The number of nitrogens with two attached hydrogens (primary N) is 1. The molecule has 3 rings (SSSR count). The molecule has 0 spiro atoms. The molecular formula is C16H24N2O. The lowest BCUT2D eigenvalue weighted by Crippen LogP contribution is -2.49. The zero-order valence-electron chi connectivity index (χ0n) is 11.8. The van der Waals surface area contributed by atoms with Gasteiger partial charge in [0, 0.05) is 12.1 Å². The summed E-state index contributed by atoms with van der Waals surface area (Å²) in [5, 5.41) is 0. The Labute approximate surface area is 115 Å². The first-order chi connectivity index (χ1) is 9.26. The number of rotatable bonds is 2. The summed E-state index contributed by atoms with van der Waals surface area (Å²) in [6.45, 7) is 5.99. The van der Waals surface area contributed by atoms with Gasteiger partial charge in [0.15, 0.2) is 0 Å². The normalized spacial score (nSPS) is 27.7. The summed E-state index contributed by atoms with van der Waals surface area (Å²) < 4.78 is 5.94. The third-order valence-corrected chi connectivity index (χ3v) is 4.68. The fourth-order valence-corrected chi connectivity index (χ4v) is 3.63. The van der Waals surface area contributed by atoms with Crippen molar-refractivity contribution in [2.45, 2.75) is 38.1 Å². The Hall–Kier alpha value is -1.06. The highest BCUT2D eigenvalue weighted by Gasteiger charge is 2.41. The minimum Gasteiger partial charge on any atom is -0.493 e. The number of ether oxygens (including phenoxy) is 1. The lowest BCUT2D eigenvalue weighted by atomic mass is 9.83. The van der Waals surface area contributed by atoms with Crippen molar-refractivity contribution >= 4 is 0 Å². The van der Waals surface area contributed by atoms with Crippen LogP contribution >= 0.6 is 0 Å². The van der Waals surface area contributed by atoms with Gasteiger partial charge < -0.3 is 10.5 Å². The second kappa shape index (κ2) is 5.14. The molecule has 1 fully saturated rings. The Morgan fingerprint density at radius 1 is 1.26 bits per heavy atom. The molecule has 1 aromatic carbocycles. The van der Waals surface area contributed by atoms with Crippen molar-refractivity contribution in [2.24, 2.45) is 5.73 Å². The number of nitrogens with zero attached hydrogens (tertiary/aromatic N) is 1. The Morgan fingerprint density at radius 2 is 2.05 bits per heavy atom. The van der Waals surface area contributed by atoms with E-state index in [0.29, 0.717) is 6.54 Å². The Balaban J connectivity index is 2.10. The molecule has 2 aliphatic heterocycles. The summed E-state index contributed by atoms with van der Waals surface area (Å²) in [6, 6.07) is 6.54. The molecule has 1 atom stereocenters. The van der Waals surface area contributed by atoms with Gasteiger partial charge in [-0.25, -0.2) is 0 Å². The second-order valence-corrected chi connectivity index (χ2v) is 5.88. The van der Waals surface area contributed by atoms with Crippen LogP contribution in [0.3, 0.4) is 0 Å².